The summed E-state index contributed by atoms with van der Waals surface area (Å²) in [5.74, 6) is 1.64. The molecule has 0 aromatic heterocycles. The summed E-state index contributed by atoms with van der Waals surface area (Å²) in [6, 6.07) is 0.284. The molecule has 2 aliphatic rings. The van der Waals surface area contributed by atoms with Gasteiger partial charge in [-0.05, 0) is 26.2 Å². The van der Waals surface area contributed by atoms with Crippen molar-refractivity contribution in [3.63, 3.8) is 0 Å². The van der Waals surface area contributed by atoms with E-state index in [4.69, 9.17) is 9.47 Å². The molecule has 0 saturated carbocycles. The highest BCUT2D eigenvalue weighted by Gasteiger charge is 2.25. The second-order valence-electron chi connectivity index (χ2n) is 6.74. The minimum atomic E-state index is 0.232. The first kappa shape index (κ1) is 20.0. The first-order chi connectivity index (χ1) is 12.2. The molecule has 7 heteroatoms. The minimum Gasteiger partial charge on any atom is -0.381 e. The van der Waals surface area contributed by atoms with Gasteiger partial charge in [-0.3, -0.25) is 9.79 Å². The molecule has 144 valence electrons. The average molecular weight is 354 g/mol. The molecule has 0 aromatic rings. The number of nitrogens with zero attached hydrogens (tertiary/aromatic N) is 2. The van der Waals surface area contributed by atoms with Crippen LogP contribution in [-0.2, 0) is 14.3 Å². The Morgan fingerprint density at radius 1 is 1.36 bits per heavy atom. The number of amides is 1. The average Bonchev–Trinajstić information content (AvgIpc) is 3.29. The van der Waals surface area contributed by atoms with Crippen LogP contribution in [0.5, 0.6) is 0 Å². The van der Waals surface area contributed by atoms with Crippen LogP contribution in [-0.4, -0.2) is 75.4 Å². The van der Waals surface area contributed by atoms with Crippen LogP contribution in [0.2, 0.25) is 0 Å². The summed E-state index contributed by atoms with van der Waals surface area (Å²) in [6.45, 7) is 10.4. The highest BCUT2D eigenvalue weighted by Crippen LogP contribution is 2.12. The zero-order valence-electron chi connectivity index (χ0n) is 15.8. The third kappa shape index (κ3) is 7.20. The Kier molecular flexibility index (Phi) is 9.04. The smallest absolute Gasteiger partial charge is 0.222 e. The first-order valence-electron chi connectivity index (χ1n) is 9.71. The monoisotopic (exact) mass is 354 g/mol. The highest BCUT2D eigenvalue weighted by atomic mass is 16.5. The summed E-state index contributed by atoms with van der Waals surface area (Å²) >= 11 is 0. The van der Waals surface area contributed by atoms with Gasteiger partial charge in [-0.1, -0.05) is 6.92 Å². The van der Waals surface area contributed by atoms with Gasteiger partial charge in [-0.2, -0.15) is 0 Å². The predicted molar refractivity (Wildman–Crippen MR) is 98.8 cm³/mol. The lowest BCUT2D eigenvalue weighted by Gasteiger charge is -2.18. The van der Waals surface area contributed by atoms with Crippen molar-refractivity contribution in [1.82, 2.24) is 15.5 Å². The number of likely N-dealkylation sites (tertiary alicyclic amines) is 1. The standard InChI is InChI=1S/C18H34N4O3/c1-3-17(23)22-9-6-16(12-22)21-18(19-4-2)20-8-5-10-24-13-15-7-11-25-14-15/h15-16H,3-14H2,1-2H3,(H2,19,20,21). The van der Waals surface area contributed by atoms with E-state index in [1.54, 1.807) is 0 Å². The molecule has 2 N–H and O–H groups in total. The molecule has 0 aromatic carbocycles. The molecule has 7 nitrogen and oxygen atoms in total. The molecule has 0 spiro atoms. The third-order valence-electron chi connectivity index (χ3n) is 4.62. The number of guanidine groups is 1. The number of aliphatic imine (C=N–C) groups is 1. The Balaban J connectivity index is 1.63. The zero-order chi connectivity index (χ0) is 17.9. The number of hydrogen-bond donors (Lipinski definition) is 2. The second-order valence-corrected chi connectivity index (χ2v) is 6.74. The normalized spacial score (nSPS) is 23.9. The molecular weight excluding hydrogens is 320 g/mol. The van der Waals surface area contributed by atoms with Gasteiger partial charge in [-0.15, -0.1) is 0 Å². The fourth-order valence-corrected chi connectivity index (χ4v) is 3.16. The van der Waals surface area contributed by atoms with Crippen molar-refractivity contribution in [3.05, 3.63) is 0 Å². The SMILES string of the molecule is CCNC(=NCCCOCC1CCOC1)NC1CCN(C(=O)CC)C1. The number of carbonyl (C=O) groups is 1. The van der Waals surface area contributed by atoms with Gasteiger partial charge in [0.25, 0.3) is 0 Å². The largest absolute Gasteiger partial charge is 0.381 e. The third-order valence-corrected chi connectivity index (χ3v) is 4.62. The molecule has 2 heterocycles. The van der Waals surface area contributed by atoms with Gasteiger partial charge >= 0.3 is 0 Å². The van der Waals surface area contributed by atoms with Crippen molar-refractivity contribution in [2.75, 3.05) is 52.6 Å². The maximum atomic E-state index is 11.8. The van der Waals surface area contributed by atoms with E-state index in [0.717, 1.165) is 77.8 Å². The van der Waals surface area contributed by atoms with Crippen molar-refractivity contribution in [2.45, 2.75) is 45.6 Å². The van der Waals surface area contributed by atoms with E-state index in [9.17, 15) is 4.79 Å². The van der Waals surface area contributed by atoms with E-state index in [0.29, 0.717) is 12.3 Å². The van der Waals surface area contributed by atoms with Crippen molar-refractivity contribution < 1.29 is 14.3 Å². The molecule has 2 unspecified atom stereocenters. The van der Waals surface area contributed by atoms with Crippen LogP contribution in [0.15, 0.2) is 4.99 Å². The molecule has 2 atom stereocenters. The molecule has 1 amide bonds. The fourth-order valence-electron chi connectivity index (χ4n) is 3.16. The topological polar surface area (TPSA) is 75.2 Å². The number of hydrogen-bond acceptors (Lipinski definition) is 4. The highest BCUT2D eigenvalue weighted by molar-refractivity contribution is 5.80. The molecule has 2 fully saturated rings. The Morgan fingerprint density at radius 3 is 2.96 bits per heavy atom. The summed E-state index contributed by atoms with van der Waals surface area (Å²) in [6.07, 6.45) is 3.58. The van der Waals surface area contributed by atoms with E-state index in [-0.39, 0.29) is 11.9 Å². The van der Waals surface area contributed by atoms with Gasteiger partial charge in [0.2, 0.25) is 5.91 Å². The summed E-state index contributed by atoms with van der Waals surface area (Å²) in [5.41, 5.74) is 0. The zero-order valence-corrected chi connectivity index (χ0v) is 15.8. The summed E-state index contributed by atoms with van der Waals surface area (Å²) < 4.78 is 11.1. The van der Waals surface area contributed by atoms with E-state index < -0.39 is 0 Å². The van der Waals surface area contributed by atoms with Crippen LogP contribution in [0.3, 0.4) is 0 Å². The summed E-state index contributed by atoms with van der Waals surface area (Å²) in [4.78, 5) is 18.3. The van der Waals surface area contributed by atoms with Crippen molar-refractivity contribution in [1.29, 1.82) is 0 Å². The lowest BCUT2D eigenvalue weighted by molar-refractivity contribution is -0.129. The van der Waals surface area contributed by atoms with Crippen molar-refractivity contribution in [2.24, 2.45) is 10.9 Å². The molecule has 0 radical (unpaired) electrons. The Hall–Kier alpha value is -1.34. The predicted octanol–water partition coefficient (Wildman–Crippen LogP) is 0.996. The quantitative estimate of drug-likeness (QED) is 0.367. The van der Waals surface area contributed by atoms with Crippen LogP contribution in [0.4, 0.5) is 0 Å². The number of carbonyl (C=O) groups excluding carboxylic acids is 1. The van der Waals surface area contributed by atoms with Crippen molar-refractivity contribution in [3.8, 4) is 0 Å². The molecule has 2 rings (SSSR count). The minimum absolute atomic E-state index is 0.232. The number of rotatable bonds is 9. The fraction of sp³-hybridized carbons (Fsp3) is 0.889. The van der Waals surface area contributed by atoms with E-state index in [2.05, 4.69) is 22.5 Å². The number of nitrogens with one attached hydrogen (secondary N) is 2. The van der Waals surface area contributed by atoms with Crippen LogP contribution < -0.4 is 10.6 Å². The van der Waals surface area contributed by atoms with E-state index in [1.807, 2.05) is 11.8 Å². The van der Waals surface area contributed by atoms with Crippen LogP contribution in [0.1, 0.15) is 39.5 Å². The van der Waals surface area contributed by atoms with Gasteiger partial charge in [-0.25, -0.2) is 0 Å². The van der Waals surface area contributed by atoms with Gasteiger partial charge in [0.1, 0.15) is 0 Å². The number of ether oxygens (including phenoxy) is 2. The lowest BCUT2D eigenvalue weighted by atomic mass is 10.1. The van der Waals surface area contributed by atoms with Gasteiger partial charge in [0.15, 0.2) is 5.96 Å². The van der Waals surface area contributed by atoms with Crippen LogP contribution in [0, 0.1) is 5.92 Å². The van der Waals surface area contributed by atoms with Crippen LogP contribution in [0.25, 0.3) is 0 Å². The Bertz CT molecular complexity index is 425. The van der Waals surface area contributed by atoms with Crippen LogP contribution >= 0.6 is 0 Å². The van der Waals surface area contributed by atoms with Gasteiger partial charge < -0.3 is 25.0 Å². The summed E-state index contributed by atoms with van der Waals surface area (Å²) in [5, 5.41) is 6.73. The van der Waals surface area contributed by atoms with Gasteiger partial charge in [0, 0.05) is 57.8 Å². The lowest BCUT2D eigenvalue weighted by Crippen LogP contribution is -2.45. The molecule has 0 aliphatic carbocycles. The van der Waals surface area contributed by atoms with Crippen molar-refractivity contribution >= 4 is 11.9 Å². The Morgan fingerprint density at radius 2 is 2.24 bits per heavy atom. The first-order valence-corrected chi connectivity index (χ1v) is 9.71. The van der Waals surface area contributed by atoms with E-state index in [1.165, 1.54) is 0 Å². The molecule has 0 bridgehead atoms. The molecular formula is C18H34N4O3. The summed E-state index contributed by atoms with van der Waals surface area (Å²) in [7, 11) is 0. The molecule has 2 saturated heterocycles. The van der Waals surface area contributed by atoms with E-state index >= 15 is 0 Å². The van der Waals surface area contributed by atoms with Gasteiger partial charge in [0.05, 0.1) is 13.2 Å². The maximum Gasteiger partial charge on any atom is 0.222 e. The molecule has 2 aliphatic heterocycles. The maximum absolute atomic E-state index is 11.8. The second kappa shape index (κ2) is 11.3. The Labute approximate surface area is 151 Å². The molecule has 25 heavy (non-hydrogen) atoms.